The Morgan fingerprint density at radius 1 is 1.43 bits per heavy atom. The Labute approximate surface area is 138 Å². The van der Waals surface area contributed by atoms with Crippen LogP contribution in [0.5, 0.6) is 0 Å². The van der Waals surface area contributed by atoms with Crippen LogP contribution < -0.4 is 10.6 Å². The number of primary amides is 1. The summed E-state index contributed by atoms with van der Waals surface area (Å²) in [4.78, 5) is 18.9. The summed E-state index contributed by atoms with van der Waals surface area (Å²) in [6.45, 7) is 10.8. The van der Waals surface area contributed by atoms with Crippen LogP contribution in [0.1, 0.15) is 44.0 Å². The number of rotatable bonds is 5. The summed E-state index contributed by atoms with van der Waals surface area (Å²) in [5.41, 5.74) is 7.76. The number of hydrogen-bond acceptors (Lipinski definition) is 4. The molecule has 1 fully saturated rings. The Hall–Kier alpha value is -1.88. The number of aromatic nitrogens is 1. The fourth-order valence-electron chi connectivity index (χ4n) is 2.72. The summed E-state index contributed by atoms with van der Waals surface area (Å²) in [5, 5.41) is 0. The number of ether oxygens (including phenoxy) is 1. The van der Waals surface area contributed by atoms with Gasteiger partial charge in [-0.2, -0.15) is 0 Å². The SMILES string of the molecule is CC/C=C\c1c(C(C)(C)C(N)=O)cc(N2CCOCC2)nc1C. The van der Waals surface area contributed by atoms with Gasteiger partial charge in [0.1, 0.15) is 5.82 Å². The van der Waals surface area contributed by atoms with Crippen LogP contribution in [-0.2, 0) is 14.9 Å². The number of anilines is 1. The lowest BCUT2D eigenvalue weighted by molar-refractivity contribution is -0.122. The highest BCUT2D eigenvalue weighted by atomic mass is 16.5. The molecule has 23 heavy (non-hydrogen) atoms. The maximum atomic E-state index is 12.0. The van der Waals surface area contributed by atoms with Crippen molar-refractivity contribution in [3.63, 3.8) is 0 Å². The van der Waals surface area contributed by atoms with Gasteiger partial charge in [0.2, 0.25) is 5.91 Å². The molecule has 2 rings (SSSR count). The first-order valence-electron chi connectivity index (χ1n) is 8.19. The minimum Gasteiger partial charge on any atom is -0.378 e. The van der Waals surface area contributed by atoms with Gasteiger partial charge in [0.25, 0.3) is 0 Å². The average molecular weight is 317 g/mol. The molecule has 5 heteroatoms. The minimum atomic E-state index is -0.748. The molecule has 0 radical (unpaired) electrons. The van der Waals surface area contributed by atoms with Gasteiger partial charge in [-0.15, -0.1) is 0 Å². The van der Waals surface area contributed by atoms with Crippen LogP contribution >= 0.6 is 0 Å². The number of amides is 1. The number of carbonyl (C=O) groups excluding carboxylic acids is 1. The second-order valence-corrected chi connectivity index (χ2v) is 6.43. The Kier molecular flexibility index (Phi) is 5.42. The minimum absolute atomic E-state index is 0.331. The molecule has 1 saturated heterocycles. The van der Waals surface area contributed by atoms with Gasteiger partial charge < -0.3 is 15.4 Å². The van der Waals surface area contributed by atoms with Gasteiger partial charge in [-0.3, -0.25) is 4.79 Å². The molecule has 0 saturated carbocycles. The summed E-state index contributed by atoms with van der Waals surface area (Å²) >= 11 is 0. The molecule has 0 aliphatic carbocycles. The molecular weight excluding hydrogens is 290 g/mol. The zero-order chi connectivity index (χ0) is 17.0. The van der Waals surface area contributed by atoms with Crippen LogP contribution in [-0.4, -0.2) is 37.2 Å². The molecule has 1 aliphatic heterocycles. The third-order valence-electron chi connectivity index (χ3n) is 4.38. The molecule has 2 N–H and O–H groups in total. The molecular formula is C18H27N3O2. The Bertz CT molecular complexity index is 603. The van der Waals surface area contributed by atoms with Crippen LogP contribution in [0.15, 0.2) is 12.1 Å². The fraction of sp³-hybridized carbons (Fsp3) is 0.556. The van der Waals surface area contributed by atoms with E-state index in [4.69, 9.17) is 15.5 Å². The molecule has 0 aromatic carbocycles. The number of nitrogens with zero attached hydrogens (tertiary/aromatic N) is 2. The summed E-state index contributed by atoms with van der Waals surface area (Å²) in [7, 11) is 0. The molecule has 1 aromatic rings. The second kappa shape index (κ2) is 7.13. The molecule has 1 amide bonds. The third kappa shape index (κ3) is 3.72. The monoisotopic (exact) mass is 317 g/mol. The van der Waals surface area contributed by atoms with Crippen LogP contribution in [0.4, 0.5) is 5.82 Å². The summed E-state index contributed by atoms with van der Waals surface area (Å²) < 4.78 is 5.41. The van der Waals surface area contributed by atoms with Gasteiger partial charge in [-0.05, 0) is 44.4 Å². The Morgan fingerprint density at radius 3 is 2.65 bits per heavy atom. The van der Waals surface area contributed by atoms with Crippen LogP contribution in [0.2, 0.25) is 0 Å². The number of carbonyl (C=O) groups is 1. The normalized spacial score (nSPS) is 16.1. The highest BCUT2D eigenvalue weighted by Crippen LogP contribution is 2.32. The van der Waals surface area contributed by atoms with Crippen LogP contribution in [0.25, 0.3) is 6.08 Å². The highest BCUT2D eigenvalue weighted by Gasteiger charge is 2.31. The van der Waals surface area contributed by atoms with Crippen LogP contribution in [0.3, 0.4) is 0 Å². The molecule has 126 valence electrons. The summed E-state index contributed by atoms with van der Waals surface area (Å²) in [6, 6.07) is 2.01. The van der Waals surface area contributed by atoms with Crippen molar-refractivity contribution in [3.05, 3.63) is 29.0 Å². The van der Waals surface area contributed by atoms with E-state index in [0.717, 1.165) is 42.1 Å². The van der Waals surface area contributed by atoms with Crippen molar-refractivity contribution in [2.24, 2.45) is 5.73 Å². The topological polar surface area (TPSA) is 68.5 Å². The number of allylic oxidation sites excluding steroid dienone is 1. The lowest BCUT2D eigenvalue weighted by Gasteiger charge is -2.31. The van der Waals surface area contributed by atoms with Crippen molar-refractivity contribution in [1.82, 2.24) is 4.98 Å². The van der Waals surface area contributed by atoms with Crippen molar-refractivity contribution in [2.75, 3.05) is 31.2 Å². The van der Waals surface area contributed by atoms with Gasteiger partial charge in [-0.1, -0.05) is 19.1 Å². The standard InChI is InChI=1S/C18H27N3O2/c1-5-6-7-14-13(2)20-16(21-8-10-23-11-9-21)12-15(14)18(3,4)17(19)22/h6-7,12H,5,8-11H2,1-4H3,(H2,19,22)/b7-6-. The van der Waals surface area contributed by atoms with Crippen molar-refractivity contribution in [1.29, 1.82) is 0 Å². The van der Waals surface area contributed by atoms with Crippen LogP contribution in [0, 0.1) is 6.92 Å². The third-order valence-corrected chi connectivity index (χ3v) is 4.38. The first kappa shape index (κ1) is 17.5. The number of aryl methyl sites for hydroxylation is 1. The fourth-order valence-corrected chi connectivity index (χ4v) is 2.72. The Morgan fingerprint density at radius 2 is 2.09 bits per heavy atom. The van der Waals surface area contributed by atoms with E-state index < -0.39 is 5.41 Å². The van der Waals surface area contributed by atoms with Crippen molar-refractivity contribution >= 4 is 17.8 Å². The maximum absolute atomic E-state index is 12.0. The average Bonchev–Trinajstić information content (AvgIpc) is 2.53. The van der Waals surface area contributed by atoms with E-state index in [1.165, 1.54) is 0 Å². The number of hydrogen-bond donors (Lipinski definition) is 1. The molecule has 1 aliphatic rings. The lowest BCUT2D eigenvalue weighted by atomic mass is 9.80. The van der Waals surface area contributed by atoms with E-state index in [9.17, 15) is 4.79 Å². The van der Waals surface area contributed by atoms with E-state index in [2.05, 4.69) is 17.9 Å². The maximum Gasteiger partial charge on any atom is 0.227 e. The van der Waals surface area contributed by atoms with Gasteiger partial charge in [-0.25, -0.2) is 4.98 Å². The van der Waals surface area contributed by atoms with E-state index in [1.807, 2.05) is 32.9 Å². The van der Waals surface area contributed by atoms with Crippen molar-refractivity contribution in [3.8, 4) is 0 Å². The first-order valence-corrected chi connectivity index (χ1v) is 8.19. The molecule has 5 nitrogen and oxygen atoms in total. The van der Waals surface area contributed by atoms with E-state index in [-0.39, 0.29) is 5.91 Å². The zero-order valence-corrected chi connectivity index (χ0v) is 14.6. The van der Waals surface area contributed by atoms with E-state index >= 15 is 0 Å². The van der Waals surface area contributed by atoms with Gasteiger partial charge in [0, 0.05) is 18.8 Å². The van der Waals surface area contributed by atoms with Crippen molar-refractivity contribution < 1.29 is 9.53 Å². The highest BCUT2D eigenvalue weighted by molar-refractivity contribution is 5.87. The van der Waals surface area contributed by atoms with Gasteiger partial charge >= 0.3 is 0 Å². The smallest absolute Gasteiger partial charge is 0.227 e. The van der Waals surface area contributed by atoms with E-state index in [0.29, 0.717) is 13.2 Å². The molecule has 0 unspecified atom stereocenters. The molecule has 0 atom stereocenters. The number of pyridine rings is 1. The lowest BCUT2D eigenvalue weighted by Crippen LogP contribution is -2.39. The number of nitrogens with two attached hydrogens (primary N) is 1. The Balaban J connectivity index is 2.55. The zero-order valence-electron chi connectivity index (χ0n) is 14.6. The molecule has 2 heterocycles. The van der Waals surface area contributed by atoms with Crippen molar-refractivity contribution in [2.45, 2.75) is 39.5 Å². The molecule has 1 aromatic heterocycles. The number of morpholine rings is 1. The van der Waals surface area contributed by atoms with E-state index in [1.54, 1.807) is 0 Å². The molecule has 0 spiro atoms. The van der Waals surface area contributed by atoms with Gasteiger partial charge in [0.05, 0.1) is 18.6 Å². The van der Waals surface area contributed by atoms with Gasteiger partial charge in [0.15, 0.2) is 0 Å². The predicted molar refractivity (Wildman–Crippen MR) is 93.6 cm³/mol. The summed E-state index contributed by atoms with van der Waals surface area (Å²) in [6.07, 6.45) is 5.06. The largest absolute Gasteiger partial charge is 0.378 e. The first-order chi connectivity index (χ1) is 10.9. The molecule has 0 bridgehead atoms. The predicted octanol–water partition coefficient (Wildman–Crippen LogP) is 2.41. The second-order valence-electron chi connectivity index (χ2n) is 6.43. The quantitative estimate of drug-likeness (QED) is 0.905. The summed E-state index contributed by atoms with van der Waals surface area (Å²) in [5.74, 6) is 0.561.